The lowest BCUT2D eigenvalue weighted by Gasteiger charge is -2.26. The molecule has 1 atom stereocenters. The predicted molar refractivity (Wildman–Crippen MR) is 71.9 cm³/mol. The molecule has 1 aliphatic rings. The van der Waals surface area contributed by atoms with E-state index < -0.39 is 0 Å². The number of benzene rings is 1. The second kappa shape index (κ2) is 5.32. The summed E-state index contributed by atoms with van der Waals surface area (Å²) in [5.74, 6) is 6.99. The summed E-state index contributed by atoms with van der Waals surface area (Å²) in [6.45, 7) is 4.15. The van der Waals surface area contributed by atoms with E-state index in [1.54, 1.807) is 0 Å². The lowest BCUT2D eigenvalue weighted by atomic mass is 9.83. The lowest BCUT2D eigenvalue weighted by molar-refractivity contribution is 0.562. The summed E-state index contributed by atoms with van der Waals surface area (Å²) in [7, 11) is 0. The van der Waals surface area contributed by atoms with Gasteiger partial charge in [-0.1, -0.05) is 24.3 Å². The summed E-state index contributed by atoms with van der Waals surface area (Å²) in [4.78, 5) is 4.57. The molecule has 3 N–H and O–H groups in total. The number of fused-ring (bicyclic) bond motifs is 1. The standard InChI is InChI=1S/C14H21N3/c1-10(2)16-14(17-15)13-8-7-11-5-3-4-6-12(11)9-13/h3-6,10,13H,7-9,15H2,1-2H3,(H,16,17). The van der Waals surface area contributed by atoms with E-state index in [-0.39, 0.29) is 0 Å². The molecule has 3 heteroatoms. The van der Waals surface area contributed by atoms with Crippen LogP contribution >= 0.6 is 0 Å². The number of amidine groups is 1. The molecule has 0 spiro atoms. The number of hydrazine groups is 1. The van der Waals surface area contributed by atoms with Crippen LogP contribution in [0.25, 0.3) is 0 Å². The van der Waals surface area contributed by atoms with Crippen LogP contribution < -0.4 is 11.3 Å². The van der Waals surface area contributed by atoms with Crippen LogP contribution in [-0.2, 0) is 12.8 Å². The minimum Gasteiger partial charge on any atom is -0.312 e. The van der Waals surface area contributed by atoms with Crippen LogP contribution in [0.1, 0.15) is 31.4 Å². The third-order valence-electron chi connectivity index (χ3n) is 3.28. The van der Waals surface area contributed by atoms with Gasteiger partial charge in [0.05, 0.1) is 0 Å². The van der Waals surface area contributed by atoms with E-state index in [0.717, 1.165) is 25.1 Å². The minimum absolute atomic E-state index is 0.290. The zero-order valence-corrected chi connectivity index (χ0v) is 10.6. The molecule has 0 radical (unpaired) electrons. The zero-order valence-electron chi connectivity index (χ0n) is 10.6. The average molecular weight is 231 g/mol. The van der Waals surface area contributed by atoms with Gasteiger partial charge in [-0.15, -0.1) is 0 Å². The van der Waals surface area contributed by atoms with Gasteiger partial charge in [-0.25, -0.2) is 5.84 Å². The molecular weight excluding hydrogens is 210 g/mol. The van der Waals surface area contributed by atoms with Gasteiger partial charge in [-0.05, 0) is 44.2 Å². The first-order valence-corrected chi connectivity index (χ1v) is 6.31. The molecule has 0 saturated carbocycles. The van der Waals surface area contributed by atoms with Crippen LogP contribution in [0.15, 0.2) is 29.3 Å². The van der Waals surface area contributed by atoms with Gasteiger partial charge in [0.1, 0.15) is 5.84 Å². The zero-order chi connectivity index (χ0) is 12.3. The molecule has 0 fully saturated rings. The molecule has 1 aromatic rings. The maximum Gasteiger partial charge on any atom is 0.114 e. The van der Waals surface area contributed by atoms with Gasteiger partial charge in [-0.3, -0.25) is 4.99 Å². The van der Waals surface area contributed by atoms with Gasteiger partial charge >= 0.3 is 0 Å². The molecule has 0 amide bonds. The molecule has 0 heterocycles. The van der Waals surface area contributed by atoms with Gasteiger partial charge in [0, 0.05) is 12.0 Å². The van der Waals surface area contributed by atoms with Crippen LogP contribution in [0, 0.1) is 5.92 Å². The molecule has 92 valence electrons. The molecule has 0 aliphatic heterocycles. The smallest absolute Gasteiger partial charge is 0.114 e. The summed E-state index contributed by atoms with van der Waals surface area (Å²) >= 11 is 0. The summed E-state index contributed by atoms with van der Waals surface area (Å²) in [5, 5.41) is 0. The van der Waals surface area contributed by atoms with E-state index in [1.165, 1.54) is 11.1 Å². The van der Waals surface area contributed by atoms with E-state index >= 15 is 0 Å². The number of hydrogen-bond donors (Lipinski definition) is 2. The average Bonchev–Trinajstić information content (AvgIpc) is 2.35. The topological polar surface area (TPSA) is 50.4 Å². The maximum absolute atomic E-state index is 5.59. The van der Waals surface area contributed by atoms with Crippen molar-refractivity contribution in [3.63, 3.8) is 0 Å². The van der Waals surface area contributed by atoms with Gasteiger partial charge < -0.3 is 5.43 Å². The number of nitrogens with zero attached hydrogens (tertiary/aromatic N) is 1. The van der Waals surface area contributed by atoms with Crippen LogP contribution in [0.5, 0.6) is 0 Å². The van der Waals surface area contributed by atoms with Gasteiger partial charge in [0.25, 0.3) is 0 Å². The molecule has 2 rings (SSSR count). The van der Waals surface area contributed by atoms with Crippen molar-refractivity contribution in [1.82, 2.24) is 5.43 Å². The van der Waals surface area contributed by atoms with E-state index in [2.05, 4.69) is 48.5 Å². The Balaban J connectivity index is 2.16. The monoisotopic (exact) mass is 231 g/mol. The van der Waals surface area contributed by atoms with Crippen molar-refractivity contribution in [1.29, 1.82) is 0 Å². The van der Waals surface area contributed by atoms with Crippen LogP contribution in [0.4, 0.5) is 0 Å². The van der Waals surface area contributed by atoms with Crippen LogP contribution in [0.3, 0.4) is 0 Å². The highest BCUT2D eigenvalue weighted by Gasteiger charge is 2.22. The van der Waals surface area contributed by atoms with Crippen molar-refractivity contribution in [2.75, 3.05) is 0 Å². The summed E-state index contributed by atoms with van der Waals surface area (Å²) in [6, 6.07) is 8.95. The van der Waals surface area contributed by atoms with Crippen LogP contribution in [0.2, 0.25) is 0 Å². The van der Waals surface area contributed by atoms with Crippen molar-refractivity contribution < 1.29 is 0 Å². The number of nitrogens with two attached hydrogens (primary N) is 1. The second-order valence-corrected chi connectivity index (χ2v) is 4.96. The summed E-state index contributed by atoms with van der Waals surface area (Å²) in [5.41, 5.74) is 5.70. The molecule has 1 aromatic carbocycles. The number of aryl methyl sites for hydroxylation is 1. The first-order chi connectivity index (χ1) is 8.20. The van der Waals surface area contributed by atoms with E-state index in [4.69, 9.17) is 5.84 Å². The fraction of sp³-hybridized carbons (Fsp3) is 0.500. The molecule has 1 unspecified atom stereocenters. The Labute approximate surface area is 103 Å². The molecule has 17 heavy (non-hydrogen) atoms. The Bertz CT molecular complexity index is 410. The SMILES string of the molecule is CC(C)N=C(NN)C1CCc2ccccc2C1. The third kappa shape index (κ3) is 2.86. The Morgan fingerprint density at radius 3 is 2.71 bits per heavy atom. The van der Waals surface area contributed by atoms with E-state index in [1.807, 2.05) is 0 Å². The van der Waals surface area contributed by atoms with Crippen molar-refractivity contribution in [2.45, 2.75) is 39.2 Å². The highest BCUT2D eigenvalue weighted by molar-refractivity contribution is 5.84. The number of nitrogens with one attached hydrogen (secondary N) is 1. The molecule has 0 saturated heterocycles. The van der Waals surface area contributed by atoms with Gasteiger partial charge in [0.15, 0.2) is 0 Å². The summed E-state index contributed by atoms with van der Waals surface area (Å²) in [6.07, 6.45) is 3.30. The van der Waals surface area contributed by atoms with Crippen molar-refractivity contribution in [3.05, 3.63) is 35.4 Å². The quantitative estimate of drug-likeness (QED) is 0.354. The first-order valence-electron chi connectivity index (χ1n) is 6.31. The highest BCUT2D eigenvalue weighted by Crippen LogP contribution is 2.25. The lowest BCUT2D eigenvalue weighted by Crippen LogP contribution is -2.39. The number of aliphatic imine (C=N–C) groups is 1. The second-order valence-electron chi connectivity index (χ2n) is 4.96. The van der Waals surface area contributed by atoms with Crippen molar-refractivity contribution >= 4 is 5.84 Å². The Kier molecular flexibility index (Phi) is 3.79. The Morgan fingerprint density at radius 1 is 1.35 bits per heavy atom. The minimum atomic E-state index is 0.290. The normalized spacial score (nSPS) is 20.2. The molecule has 3 nitrogen and oxygen atoms in total. The van der Waals surface area contributed by atoms with E-state index in [9.17, 15) is 0 Å². The Hall–Kier alpha value is -1.35. The fourth-order valence-corrected chi connectivity index (χ4v) is 2.47. The summed E-state index contributed by atoms with van der Waals surface area (Å²) < 4.78 is 0. The predicted octanol–water partition coefficient (Wildman–Crippen LogP) is 2.06. The van der Waals surface area contributed by atoms with Crippen LogP contribution in [-0.4, -0.2) is 11.9 Å². The molecule has 0 aromatic heterocycles. The van der Waals surface area contributed by atoms with Gasteiger partial charge in [0.2, 0.25) is 0 Å². The van der Waals surface area contributed by atoms with E-state index in [0.29, 0.717) is 12.0 Å². The molecule has 1 aliphatic carbocycles. The van der Waals surface area contributed by atoms with Crippen molar-refractivity contribution in [3.8, 4) is 0 Å². The maximum atomic E-state index is 5.59. The number of hydrogen-bond acceptors (Lipinski definition) is 2. The number of rotatable bonds is 2. The molecular formula is C14H21N3. The molecule has 0 bridgehead atoms. The largest absolute Gasteiger partial charge is 0.312 e. The first kappa shape index (κ1) is 12.1. The fourth-order valence-electron chi connectivity index (χ4n) is 2.47. The Morgan fingerprint density at radius 2 is 2.06 bits per heavy atom. The van der Waals surface area contributed by atoms with Gasteiger partial charge in [-0.2, -0.15) is 0 Å². The highest BCUT2D eigenvalue weighted by atomic mass is 15.3. The van der Waals surface area contributed by atoms with Crippen molar-refractivity contribution in [2.24, 2.45) is 16.8 Å². The third-order valence-corrected chi connectivity index (χ3v) is 3.28.